The molecule has 1 saturated carbocycles. The number of carbonyl (C=O) groups excluding carboxylic acids is 1. The molecule has 0 heterocycles. The summed E-state index contributed by atoms with van der Waals surface area (Å²) < 4.78 is 32.5. The first-order chi connectivity index (χ1) is 11.5. The fourth-order valence-electron chi connectivity index (χ4n) is 3.01. The van der Waals surface area contributed by atoms with Gasteiger partial charge in [-0.15, -0.1) is 6.42 Å². The van der Waals surface area contributed by atoms with E-state index >= 15 is 0 Å². The predicted octanol–water partition coefficient (Wildman–Crippen LogP) is 2.65. The van der Waals surface area contributed by atoms with Crippen molar-refractivity contribution in [2.45, 2.75) is 32.1 Å². The van der Waals surface area contributed by atoms with Gasteiger partial charge in [0, 0.05) is 17.5 Å². The van der Waals surface area contributed by atoms with Crippen LogP contribution in [-0.4, -0.2) is 30.8 Å². The number of ether oxygens (including phenoxy) is 1. The number of carbonyl (C=O) groups is 1. The van der Waals surface area contributed by atoms with Gasteiger partial charge >= 0.3 is 0 Å². The molecule has 0 unspecified atom stereocenters. The van der Waals surface area contributed by atoms with Gasteiger partial charge in [0.05, 0.1) is 6.61 Å². The lowest BCUT2D eigenvalue weighted by molar-refractivity contribution is 0.0717. The van der Waals surface area contributed by atoms with Crippen LogP contribution >= 0.6 is 0 Å². The molecule has 1 aliphatic rings. The third kappa shape index (κ3) is 4.24. The van der Waals surface area contributed by atoms with Crippen LogP contribution in [0.1, 0.15) is 42.5 Å². The van der Waals surface area contributed by atoms with E-state index in [1.807, 2.05) is 0 Å². The minimum atomic E-state index is -0.982. The number of benzene rings is 1. The first-order valence-corrected chi connectivity index (χ1v) is 7.96. The zero-order chi connectivity index (χ0) is 17.6. The molecule has 1 fully saturated rings. The zero-order valence-corrected chi connectivity index (χ0v) is 13.4. The second kappa shape index (κ2) is 8.11. The summed E-state index contributed by atoms with van der Waals surface area (Å²) in [7, 11) is 0. The highest BCUT2D eigenvalue weighted by Gasteiger charge is 2.32. The zero-order valence-electron chi connectivity index (χ0n) is 13.4. The van der Waals surface area contributed by atoms with Gasteiger partial charge in [0.2, 0.25) is 0 Å². The van der Waals surface area contributed by atoms with Crippen molar-refractivity contribution in [2.75, 3.05) is 19.8 Å². The molecule has 1 aromatic rings. The topological polar surface area (TPSA) is 58.6 Å². The number of aliphatic hydroxyl groups excluding tert-OH is 1. The lowest BCUT2D eigenvalue weighted by Gasteiger charge is -2.35. The number of nitrogens with one attached hydrogen (secondary N) is 1. The molecule has 1 aromatic carbocycles. The number of hydrogen-bond donors (Lipinski definition) is 2. The molecule has 0 atom stereocenters. The van der Waals surface area contributed by atoms with Crippen LogP contribution in [0.3, 0.4) is 0 Å². The normalized spacial score (nSPS) is 16.2. The third-order valence-electron chi connectivity index (χ3n) is 4.43. The summed E-state index contributed by atoms with van der Waals surface area (Å²) in [5.41, 5.74) is -0.483. The number of halogens is 2. The molecule has 0 radical (unpaired) electrons. The van der Waals surface area contributed by atoms with Crippen LogP contribution in [-0.2, 0) is 0 Å². The van der Waals surface area contributed by atoms with Crippen molar-refractivity contribution >= 4 is 5.91 Å². The van der Waals surface area contributed by atoms with Crippen molar-refractivity contribution in [3.63, 3.8) is 0 Å². The Morgan fingerprint density at radius 3 is 2.46 bits per heavy atom. The van der Waals surface area contributed by atoms with Crippen LogP contribution in [0.15, 0.2) is 12.1 Å². The summed E-state index contributed by atoms with van der Waals surface area (Å²) in [6.45, 7) is -0.00577. The van der Waals surface area contributed by atoms with Crippen LogP contribution in [0, 0.1) is 29.4 Å². The Kier molecular flexibility index (Phi) is 6.16. The predicted molar refractivity (Wildman–Crippen MR) is 85.6 cm³/mol. The first-order valence-electron chi connectivity index (χ1n) is 7.96. The summed E-state index contributed by atoms with van der Waals surface area (Å²) in [5.74, 6) is -1.03. The van der Waals surface area contributed by atoms with Gasteiger partial charge in [0.1, 0.15) is 6.61 Å². The fraction of sp³-hybridized carbons (Fsp3) is 0.500. The van der Waals surface area contributed by atoms with Gasteiger partial charge < -0.3 is 15.2 Å². The van der Waals surface area contributed by atoms with Crippen molar-refractivity contribution < 1.29 is 23.4 Å². The number of rotatable bonds is 6. The summed E-state index contributed by atoms with van der Waals surface area (Å²) in [4.78, 5) is 12.2. The summed E-state index contributed by atoms with van der Waals surface area (Å²) >= 11 is 0. The average Bonchev–Trinajstić information content (AvgIpc) is 2.59. The van der Waals surface area contributed by atoms with Gasteiger partial charge in [0.25, 0.3) is 5.91 Å². The maximum Gasteiger partial charge on any atom is 0.251 e. The Morgan fingerprint density at radius 2 is 1.92 bits per heavy atom. The quantitative estimate of drug-likeness (QED) is 0.785. The minimum absolute atomic E-state index is 0.0190. The highest BCUT2D eigenvalue weighted by Crippen LogP contribution is 2.35. The lowest BCUT2D eigenvalue weighted by atomic mass is 9.74. The summed E-state index contributed by atoms with van der Waals surface area (Å²) in [6, 6.07) is 1.83. The minimum Gasteiger partial charge on any atom is -0.475 e. The second-order valence-electron chi connectivity index (χ2n) is 6.16. The van der Waals surface area contributed by atoms with Crippen molar-refractivity contribution in [3.05, 3.63) is 29.3 Å². The fourth-order valence-corrected chi connectivity index (χ4v) is 3.01. The van der Waals surface area contributed by atoms with Gasteiger partial charge in [-0.2, -0.15) is 0 Å². The van der Waals surface area contributed by atoms with Crippen LogP contribution in [0.2, 0.25) is 0 Å². The molecule has 1 aliphatic carbocycles. The molecule has 0 saturated heterocycles. The van der Waals surface area contributed by atoms with Gasteiger partial charge in [-0.25, -0.2) is 8.78 Å². The van der Waals surface area contributed by atoms with Crippen molar-refractivity contribution in [1.29, 1.82) is 0 Å². The molecule has 2 N–H and O–H groups in total. The van der Waals surface area contributed by atoms with Gasteiger partial charge in [-0.3, -0.25) is 4.79 Å². The van der Waals surface area contributed by atoms with E-state index in [4.69, 9.17) is 11.2 Å². The van der Waals surface area contributed by atoms with E-state index in [1.165, 1.54) is 0 Å². The average molecular weight is 337 g/mol. The van der Waals surface area contributed by atoms with Crippen LogP contribution in [0.25, 0.3) is 0 Å². The lowest BCUT2D eigenvalue weighted by Crippen LogP contribution is -2.41. The van der Waals surface area contributed by atoms with Crippen LogP contribution in [0.4, 0.5) is 8.78 Å². The third-order valence-corrected chi connectivity index (χ3v) is 4.43. The van der Waals surface area contributed by atoms with Gasteiger partial charge in [0.15, 0.2) is 17.4 Å². The van der Waals surface area contributed by atoms with Gasteiger partial charge in [-0.05, 0) is 25.0 Å². The van der Waals surface area contributed by atoms with Crippen molar-refractivity contribution in [3.8, 4) is 18.1 Å². The molecule has 6 heteroatoms. The second-order valence-corrected chi connectivity index (χ2v) is 6.16. The molecule has 0 spiro atoms. The summed E-state index contributed by atoms with van der Waals surface area (Å²) in [6.07, 6.45) is 9.75. The molecule has 2 rings (SSSR count). The van der Waals surface area contributed by atoms with Crippen LogP contribution in [0.5, 0.6) is 5.75 Å². The number of aliphatic hydroxyl groups is 1. The van der Waals surface area contributed by atoms with Crippen molar-refractivity contribution in [2.24, 2.45) is 5.41 Å². The van der Waals surface area contributed by atoms with Gasteiger partial charge in [-0.1, -0.05) is 25.2 Å². The maximum absolute atomic E-state index is 13.9. The molecular formula is C18H21F2NO3. The maximum atomic E-state index is 13.9. The Bertz CT molecular complexity index is 611. The van der Waals surface area contributed by atoms with E-state index in [1.54, 1.807) is 0 Å². The molecule has 24 heavy (non-hydrogen) atoms. The monoisotopic (exact) mass is 337 g/mol. The first kappa shape index (κ1) is 18.2. The standard InChI is InChI=1S/C18H21F2NO3/c1-2-8-24-16-14(19)9-13(10-15(16)20)17(23)21-11-18(12-22)6-4-3-5-7-18/h1,9-10,22H,3-8,11-12H2,(H,21,23). The molecule has 4 nitrogen and oxygen atoms in total. The molecule has 0 bridgehead atoms. The SMILES string of the molecule is C#CCOc1c(F)cc(C(=O)NCC2(CO)CCCCC2)cc1F. The molecule has 0 aromatic heterocycles. The molecule has 0 aliphatic heterocycles. The largest absolute Gasteiger partial charge is 0.475 e. The van der Waals surface area contributed by atoms with E-state index in [0.29, 0.717) is 0 Å². The summed E-state index contributed by atoms with van der Waals surface area (Å²) in [5, 5.41) is 12.3. The highest BCUT2D eigenvalue weighted by molar-refractivity contribution is 5.94. The number of amides is 1. The Morgan fingerprint density at radius 1 is 1.29 bits per heavy atom. The molecule has 1 amide bonds. The Hall–Kier alpha value is -2.13. The molecule has 130 valence electrons. The van der Waals surface area contributed by atoms with E-state index in [0.717, 1.165) is 44.2 Å². The highest BCUT2D eigenvalue weighted by atomic mass is 19.1. The van der Waals surface area contributed by atoms with E-state index < -0.39 is 23.3 Å². The molecular weight excluding hydrogens is 316 g/mol. The number of hydrogen-bond acceptors (Lipinski definition) is 3. The van der Waals surface area contributed by atoms with Crippen LogP contribution < -0.4 is 10.1 Å². The van der Waals surface area contributed by atoms with E-state index in [-0.39, 0.29) is 30.7 Å². The smallest absolute Gasteiger partial charge is 0.251 e. The Labute approximate surface area is 140 Å². The Balaban J connectivity index is 2.05. The van der Waals surface area contributed by atoms with E-state index in [2.05, 4.69) is 11.2 Å². The van der Waals surface area contributed by atoms with E-state index in [9.17, 15) is 18.7 Å². The number of terminal acetylenes is 1. The van der Waals surface area contributed by atoms with Crippen molar-refractivity contribution in [1.82, 2.24) is 5.32 Å².